The van der Waals surface area contributed by atoms with Crippen LogP contribution in [0.25, 0.3) is 0 Å². The summed E-state index contributed by atoms with van der Waals surface area (Å²) >= 11 is 0. The summed E-state index contributed by atoms with van der Waals surface area (Å²) in [6.07, 6.45) is 64.6. The van der Waals surface area contributed by atoms with E-state index in [1.807, 2.05) is 33.3 Å². The molecule has 0 fully saturated rings. The monoisotopic (exact) mass is 1020 g/mol. The lowest BCUT2D eigenvalue weighted by atomic mass is 10.0. The molecule has 3 atom stereocenters. The summed E-state index contributed by atoms with van der Waals surface area (Å²) in [5.41, 5.74) is 0. The van der Waals surface area contributed by atoms with E-state index in [0.29, 0.717) is 23.9 Å². The molecule has 3 unspecified atom stereocenters. The molecule has 0 radical (unpaired) electrons. The van der Waals surface area contributed by atoms with Crippen LogP contribution < -0.4 is 5.32 Å². The summed E-state index contributed by atoms with van der Waals surface area (Å²) in [6.45, 7) is 6.93. The highest BCUT2D eigenvalue weighted by Gasteiger charge is 2.30. The number of quaternary nitrogens is 1. The molecule has 9 nitrogen and oxygen atoms in total. The van der Waals surface area contributed by atoms with Crippen molar-refractivity contribution in [3.8, 4) is 0 Å². The summed E-state index contributed by atoms with van der Waals surface area (Å²) in [4.78, 5) is 37.6. The summed E-state index contributed by atoms with van der Waals surface area (Å²) in [5, 5.41) is 3.04. The first-order valence-corrected chi connectivity index (χ1v) is 30.8. The van der Waals surface area contributed by atoms with Gasteiger partial charge in [-0.2, -0.15) is 0 Å². The molecule has 0 saturated heterocycles. The quantitative estimate of drug-likeness (QED) is 0.0156. The summed E-state index contributed by atoms with van der Waals surface area (Å²) in [6, 6.07) is -0.865. The number of carbonyl (C=O) groups excluding carboxylic acids is 2. The highest BCUT2D eigenvalue weighted by Crippen LogP contribution is 2.43. The second-order valence-electron chi connectivity index (χ2n) is 20.8. The van der Waals surface area contributed by atoms with Crippen molar-refractivity contribution in [2.75, 3.05) is 40.9 Å². The first-order chi connectivity index (χ1) is 34.4. The smallest absolute Gasteiger partial charge is 0.456 e. The van der Waals surface area contributed by atoms with E-state index in [2.05, 4.69) is 86.8 Å². The number of allylic oxidation sites excluding steroid dienone is 11. The van der Waals surface area contributed by atoms with E-state index < -0.39 is 20.0 Å². The van der Waals surface area contributed by atoms with Gasteiger partial charge in [-0.15, -0.1) is 0 Å². The van der Waals surface area contributed by atoms with Gasteiger partial charge >= 0.3 is 13.8 Å². The normalized spacial score (nSPS) is 14.3. The van der Waals surface area contributed by atoms with Crippen molar-refractivity contribution in [2.24, 2.45) is 0 Å². The first kappa shape index (κ1) is 68.5. The number of amides is 1. The molecular weight excluding hydrogens is 904 g/mol. The molecule has 412 valence electrons. The van der Waals surface area contributed by atoms with Crippen LogP contribution in [0, 0.1) is 0 Å². The molecule has 0 aliphatic rings. The van der Waals surface area contributed by atoms with E-state index in [1.165, 1.54) is 109 Å². The van der Waals surface area contributed by atoms with Gasteiger partial charge in [0, 0.05) is 12.8 Å². The maximum Gasteiger partial charge on any atom is 0.472 e. The van der Waals surface area contributed by atoms with Crippen LogP contribution >= 0.6 is 7.82 Å². The van der Waals surface area contributed by atoms with E-state index in [4.69, 9.17) is 13.8 Å². The molecule has 0 aromatic rings. The van der Waals surface area contributed by atoms with Gasteiger partial charge in [0.25, 0.3) is 0 Å². The summed E-state index contributed by atoms with van der Waals surface area (Å²) in [7, 11) is 1.47. The van der Waals surface area contributed by atoms with Crippen molar-refractivity contribution in [1.29, 1.82) is 0 Å². The Kier molecular flexibility index (Phi) is 49.1. The molecule has 1 amide bonds. The molecule has 0 aliphatic carbocycles. The van der Waals surface area contributed by atoms with Gasteiger partial charge in [0.2, 0.25) is 5.91 Å². The Morgan fingerprint density at radius 1 is 0.507 bits per heavy atom. The predicted octanol–water partition coefficient (Wildman–Crippen LogP) is 17.7. The number of hydrogen-bond acceptors (Lipinski definition) is 6. The van der Waals surface area contributed by atoms with Crippen molar-refractivity contribution in [2.45, 2.75) is 264 Å². The molecule has 0 rings (SSSR count). The van der Waals surface area contributed by atoms with Crippen molar-refractivity contribution in [3.05, 3.63) is 72.9 Å². The average molecular weight is 1020 g/mol. The van der Waals surface area contributed by atoms with E-state index in [1.54, 1.807) is 0 Å². The number of ether oxygens (including phenoxy) is 1. The van der Waals surface area contributed by atoms with Gasteiger partial charge in [-0.05, 0) is 96.0 Å². The Morgan fingerprint density at radius 2 is 0.901 bits per heavy atom. The minimum atomic E-state index is -4.46. The summed E-state index contributed by atoms with van der Waals surface area (Å²) in [5.74, 6) is -0.544. The van der Waals surface area contributed by atoms with Crippen LogP contribution in [-0.4, -0.2) is 74.3 Å². The van der Waals surface area contributed by atoms with Crippen LogP contribution in [0.3, 0.4) is 0 Å². The van der Waals surface area contributed by atoms with Gasteiger partial charge in [0.1, 0.15) is 19.3 Å². The van der Waals surface area contributed by atoms with E-state index in [-0.39, 0.29) is 31.5 Å². The molecule has 0 aliphatic heterocycles. The van der Waals surface area contributed by atoms with Crippen LogP contribution in [0.4, 0.5) is 0 Å². The molecule has 0 bridgehead atoms. The number of nitrogens with one attached hydrogen (secondary N) is 1. The number of unbranched alkanes of at least 4 members (excludes halogenated alkanes) is 27. The first-order valence-electron chi connectivity index (χ1n) is 29.3. The van der Waals surface area contributed by atoms with Crippen molar-refractivity contribution >= 4 is 19.7 Å². The Hall–Kier alpha value is -2.55. The molecule has 0 heterocycles. The van der Waals surface area contributed by atoms with Crippen LogP contribution in [0.2, 0.25) is 0 Å². The highest BCUT2D eigenvalue weighted by atomic mass is 31.2. The van der Waals surface area contributed by atoms with Crippen LogP contribution in [0.5, 0.6) is 0 Å². The maximum atomic E-state index is 13.5. The molecule has 10 heteroatoms. The number of nitrogens with zero attached hydrogens (tertiary/aromatic N) is 1. The fourth-order valence-corrected chi connectivity index (χ4v) is 8.79. The van der Waals surface area contributed by atoms with Crippen molar-refractivity contribution in [3.63, 3.8) is 0 Å². The molecule has 0 aromatic carbocycles. The minimum absolute atomic E-state index is 0.0316. The van der Waals surface area contributed by atoms with Gasteiger partial charge in [-0.1, -0.05) is 216 Å². The molecule has 71 heavy (non-hydrogen) atoms. The van der Waals surface area contributed by atoms with Gasteiger partial charge in [0.05, 0.1) is 33.8 Å². The van der Waals surface area contributed by atoms with E-state index in [9.17, 15) is 19.0 Å². The molecule has 2 N–H and O–H groups in total. The number of esters is 1. The third-order valence-electron chi connectivity index (χ3n) is 12.6. The van der Waals surface area contributed by atoms with Crippen LogP contribution in [0.1, 0.15) is 252 Å². The Morgan fingerprint density at radius 3 is 1.39 bits per heavy atom. The van der Waals surface area contributed by atoms with Crippen LogP contribution in [0.15, 0.2) is 72.9 Å². The van der Waals surface area contributed by atoms with Crippen molar-refractivity contribution in [1.82, 2.24) is 5.32 Å². The minimum Gasteiger partial charge on any atom is -0.456 e. The standard InChI is InChI=1S/C61H111N2O7P/c1-7-10-13-16-19-22-25-28-30-31-33-36-39-42-45-48-51-54-61(65)70-59(52-49-46-43-40-37-34-27-24-21-18-15-12-9-3)58(57-69-71(66,67)68-56-55-63(4,5)6)62-60(64)53-50-47-44-41-38-35-32-29-26-23-20-17-14-11-8-2/h19-20,22-23,26,28-30,33,36,49,52,58-59H,7-18,21,24-25,27,31-32,34-35,37-48,50-51,53-57H2,1-6H3,(H-,62,64,66,67)/p+1/b22-19-,23-20+,29-26+,30-28-,36-33-,52-49+. The second kappa shape index (κ2) is 51.0. The Labute approximate surface area is 438 Å². The van der Waals surface area contributed by atoms with Gasteiger partial charge in [0.15, 0.2) is 0 Å². The fraction of sp³-hybridized carbons (Fsp3) is 0.770. The zero-order valence-corrected chi connectivity index (χ0v) is 47.8. The predicted molar refractivity (Wildman–Crippen MR) is 305 cm³/mol. The van der Waals surface area contributed by atoms with Crippen molar-refractivity contribution < 1.29 is 37.3 Å². The Balaban J connectivity index is 5.43. The third kappa shape index (κ3) is 52.1. The zero-order valence-electron chi connectivity index (χ0n) is 47.0. The third-order valence-corrected chi connectivity index (χ3v) is 13.6. The lowest BCUT2D eigenvalue weighted by Gasteiger charge is -2.27. The largest absolute Gasteiger partial charge is 0.472 e. The second-order valence-corrected chi connectivity index (χ2v) is 22.3. The number of phosphoric acid groups is 1. The van der Waals surface area contributed by atoms with E-state index >= 15 is 0 Å². The van der Waals surface area contributed by atoms with Gasteiger partial charge < -0.3 is 19.4 Å². The number of rotatable bonds is 52. The molecular formula is C61H112N2O7P+. The van der Waals surface area contributed by atoms with Crippen LogP contribution in [-0.2, 0) is 27.9 Å². The highest BCUT2D eigenvalue weighted by molar-refractivity contribution is 7.47. The van der Waals surface area contributed by atoms with Gasteiger partial charge in [-0.3, -0.25) is 18.6 Å². The average Bonchev–Trinajstić information content (AvgIpc) is 3.33. The molecule has 0 spiro atoms. The maximum absolute atomic E-state index is 13.5. The number of carbonyl (C=O) groups is 2. The lowest BCUT2D eigenvalue weighted by molar-refractivity contribution is -0.870. The number of phosphoric ester groups is 1. The fourth-order valence-electron chi connectivity index (χ4n) is 8.05. The number of hydrogen-bond donors (Lipinski definition) is 2. The molecule has 0 aromatic heterocycles. The zero-order chi connectivity index (χ0) is 52.2. The number of likely N-dealkylation sites (N-methyl/N-ethyl adjacent to an activating group) is 1. The SMILES string of the molecule is CCCCC/C=C\C/C=C\C/C=C\CCCCCCC(=O)OC(/C=C/CCCCCCCCCCCCC)C(COP(=O)(O)OCC[N+](C)(C)C)NC(=O)CCCCCCCC/C=C/C=C/CCCCC. The Bertz CT molecular complexity index is 1450. The van der Waals surface area contributed by atoms with E-state index in [0.717, 1.165) is 103 Å². The lowest BCUT2D eigenvalue weighted by Crippen LogP contribution is -2.47. The molecule has 0 saturated carbocycles. The van der Waals surface area contributed by atoms with Gasteiger partial charge in [-0.25, -0.2) is 4.57 Å². The summed E-state index contributed by atoms with van der Waals surface area (Å²) < 4.78 is 30.6. The topological polar surface area (TPSA) is 111 Å².